The van der Waals surface area contributed by atoms with Gasteiger partial charge in [0.05, 0.1) is 12.0 Å². The van der Waals surface area contributed by atoms with Gasteiger partial charge in [0, 0.05) is 17.0 Å². The van der Waals surface area contributed by atoms with E-state index >= 15 is 0 Å². The minimum atomic E-state index is -1.02. The van der Waals surface area contributed by atoms with Crippen LogP contribution in [0, 0.1) is 11.3 Å². The van der Waals surface area contributed by atoms with E-state index < -0.39 is 5.97 Å². The van der Waals surface area contributed by atoms with E-state index in [0.29, 0.717) is 22.2 Å². The minimum absolute atomic E-state index is 0.122. The molecule has 6 nitrogen and oxygen atoms in total. The Morgan fingerprint density at radius 3 is 2.48 bits per heavy atom. The summed E-state index contributed by atoms with van der Waals surface area (Å²) < 4.78 is 0. The Morgan fingerprint density at radius 1 is 1.13 bits per heavy atom. The molecule has 0 aliphatic heterocycles. The van der Waals surface area contributed by atoms with E-state index in [0.717, 1.165) is 36.1 Å². The predicted molar refractivity (Wildman–Crippen MR) is 124 cm³/mol. The Morgan fingerprint density at radius 2 is 1.84 bits per heavy atom. The molecule has 0 fully saturated rings. The fourth-order valence-corrected chi connectivity index (χ4v) is 5.34. The summed E-state index contributed by atoms with van der Waals surface area (Å²) >= 11 is 1.45. The van der Waals surface area contributed by atoms with Crippen molar-refractivity contribution in [3.8, 4) is 0 Å². The summed E-state index contributed by atoms with van der Waals surface area (Å²) in [5.74, 6) is -1.14. The summed E-state index contributed by atoms with van der Waals surface area (Å²) in [6.45, 7) is 6.78. The van der Waals surface area contributed by atoms with E-state index in [2.05, 4.69) is 31.4 Å². The number of carboxylic acids is 1. The fourth-order valence-electron chi connectivity index (χ4n) is 3.99. The molecule has 0 radical (unpaired) electrons. The minimum Gasteiger partial charge on any atom is -0.481 e. The summed E-state index contributed by atoms with van der Waals surface area (Å²) in [4.78, 5) is 37.5. The van der Waals surface area contributed by atoms with E-state index in [1.165, 1.54) is 11.3 Å². The molecule has 0 spiro atoms. The molecule has 1 atom stereocenters. The molecule has 1 unspecified atom stereocenters. The van der Waals surface area contributed by atoms with Gasteiger partial charge in [0.15, 0.2) is 0 Å². The smallest absolute Gasteiger partial charge is 0.303 e. The highest BCUT2D eigenvalue weighted by molar-refractivity contribution is 7.17. The number of para-hydroxylation sites is 1. The molecule has 0 saturated carbocycles. The highest BCUT2D eigenvalue weighted by atomic mass is 32.1. The van der Waals surface area contributed by atoms with Crippen LogP contribution in [0.4, 0.5) is 10.7 Å². The van der Waals surface area contributed by atoms with Crippen molar-refractivity contribution >= 4 is 39.8 Å². The average Bonchev–Trinajstić information content (AvgIpc) is 3.10. The first kappa shape index (κ1) is 23.0. The maximum Gasteiger partial charge on any atom is 0.303 e. The molecule has 0 bridgehead atoms. The molecule has 3 N–H and O–H groups in total. The van der Waals surface area contributed by atoms with Gasteiger partial charge in [0.25, 0.3) is 5.91 Å². The van der Waals surface area contributed by atoms with Crippen LogP contribution in [0.2, 0.25) is 0 Å². The zero-order chi connectivity index (χ0) is 22.6. The largest absolute Gasteiger partial charge is 0.481 e. The van der Waals surface area contributed by atoms with Crippen LogP contribution in [0.1, 0.15) is 67.3 Å². The normalized spacial score (nSPS) is 15.8. The maximum atomic E-state index is 13.2. The first-order chi connectivity index (χ1) is 14.7. The number of anilines is 2. The molecular formula is C24H30N2O4S. The van der Waals surface area contributed by atoms with Gasteiger partial charge in [-0.2, -0.15) is 0 Å². The molecule has 2 amide bonds. The number of amides is 2. The van der Waals surface area contributed by atoms with Gasteiger partial charge in [-0.25, -0.2) is 0 Å². The van der Waals surface area contributed by atoms with Gasteiger partial charge in [-0.3, -0.25) is 14.4 Å². The summed E-state index contributed by atoms with van der Waals surface area (Å²) in [5, 5.41) is 15.1. The monoisotopic (exact) mass is 442 g/mol. The number of thiophene rings is 1. The lowest BCUT2D eigenvalue weighted by Crippen LogP contribution is -2.29. The van der Waals surface area contributed by atoms with Gasteiger partial charge in [-0.15, -0.1) is 11.3 Å². The highest BCUT2D eigenvalue weighted by Crippen LogP contribution is 2.45. The van der Waals surface area contributed by atoms with Gasteiger partial charge in [0.1, 0.15) is 5.00 Å². The fraction of sp³-hybridized carbons (Fsp3) is 0.458. The SMILES string of the molecule is CCC(C)(C)C1CCc2c(sc(NC(=O)CCC(=O)O)c2C(=O)Nc2ccccc2)C1. The quantitative estimate of drug-likeness (QED) is 0.514. The lowest BCUT2D eigenvalue weighted by Gasteiger charge is -2.36. The molecule has 0 saturated heterocycles. The number of carbonyl (C=O) groups is 3. The number of benzene rings is 1. The number of hydrogen-bond acceptors (Lipinski definition) is 4. The number of aliphatic carboxylic acids is 1. The van der Waals surface area contributed by atoms with Gasteiger partial charge in [-0.1, -0.05) is 45.4 Å². The summed E-state index contributed by atoms with van der Waals surface area (Å²) in [6.07, 6.45) is 3.40. The lowest BCUT2D eigenvalue weighted by molar-refractivity contribution is -0.138. The topological polar surface area (TPSA) is 95.5 Å². The number of rotatable bonds is 8. The van der Waals surface area contributed by atoms with Crippen LogP contribution in [-0.2, 0) is 22.4 Å². The molecule has 166 valence electrons. The molecule has 31 heavy (non-hydrogen) atoms. The van der Waals surface area contributed by atoms with E-state index in [4.69, 9.17) is 5.11 Å². The van der Waals surface area contributed by atoms with Gasteiger partial charge in [-0.05, 0) is 48.3 Å². The molecule has 7 heteroatoms. The van der Waals surface area contributed by atoms with Gasteiger partial charge in [0.2, 0.25) is 5.91 Å². The molecule has 1 aromatic heterocycles. The molecule has 2 aromatic rings. The van der Waals surface area contributed by atoms with Gasteiger partial charge >= 0.3 is 5.97 Å². The molecule has 1 aliphatic carbocycles. The zero-order valence-corrected chi connectivity index (χ0v) is 19.1. The first-order valence-corrected chi connectivity index (χ1v) is 11.6. The zero-order valence-electron chi connectivity index (χ0n) is 18.3. The van der Waals surface area contributed by atoms with Crippen molar-refractivity contribution in [1.29, 1.82) is 0 Å². The summed E-state index contributed by atoms with van der Waals surface area (Å²) in [7, 11) is 0. The van der Waals surface area contributed by atoms with Crippen molar-refractivity contribution in [3.63, 3.8) is 0 Å². The van der Waals surface area contributed by atoms with Crippen LogP contribution in [0.25, 0.3) is 0 Å². The summed E-state index contributed by atoms with van der Waals surface area (Å²) in [5.41, 5.74) is 2.42. The predicted octanol–water partition coefficient (Wildman–Crippen LogP) is 5.34. The van der Waals surface area contributed by atoms with Crippen LogP contribution in [0.3, 0.4) is 0 Å². The van der Waals surface area contributed by atoms with Crippen LogP contribution < -0.4 is 10.6 Å². The third-order valence-corrected chi connectivity index (χ3v) is 7.53. The van der Waals surface area contributed by atoms with Crippen molar-refractivity contribution in [2.75, 3.05) is 10.6 Å². The summed E-state index contributed by atoms with van der Waals surface area (Å²) in [6, 6.07) is 9.23. The number of fused-ring (bicyclic) bond motifs is 1. The first-order valence-electron chi connectivity index (χ1n) is 10.7. The Hall–Kier alpha value is -2.67. The molecule has 1 heterocycles. The number of carbonyl (C=O) groups excluding carboxylic acids is 2. The Bertz CT molecular complexity index is 965. The second-order valence-corrected chi connectivity index (χ2v) is 9.86. The van der Waals surface area contributed by atoms with Crippen LogP contribution in [0.15, 0.2) is 30.3 Å². The van der Waals surface area contributed by atoms with Crippen molar-refractivity contribution in [2.24, 2.45) is 11.3 Å². The maximum absolute atomic E-state index is 13.2. The van der Waals surface area contributed by atoms with E-state index in [1.807, 2.05) is 30.3 Å². The van der Waals surface area contributed by atoms with Crippen molar-refractivity contribution < 1.29 is 19.5 Å². The van der Waals surface area contributed by atoms with Crippen LogP contribution >= 0.6 is 11.3 Å². The van der Waals surface area contributed by atoms with Gasteiger partial charge < -0.3 is 15.7 Å². The second-order valence-electron chi connectivity index (χ2n) is 8.75. The second kappa shape index (κ2) is 9.64. The van der Waals surface area contributed by atoms with Crippen LogP contribution in [0.5, 0.6) is 0 Å². The third kappa shape index (κ3) is 5.53. The molecular weight excluding hydrogens is 412 g/mol. The third-order valence-electron chi connectivity index (χ3n) is 6.36. The molecule has 1 aliphatic rings. The lowest BCUT2D eigenvalue weighted by atomic mass is 9.69. The number of carboxylic acid groups (broad SMARTS) is 1. The average molecular weight is 443 g/mol. The molecule has 1 aromatic carbocycles. The molecule has 3 rings (SSSR count). The Balaban J connectivity index is 1.90. The highest BCUT2D eigenvalue weighted by Gasteiger charge is 2.35. The van der Waals surface area contributed by atoms with E-state index in [-0.39, 0.29) is 30.1 Å². The van der Waals surface area contributed by atoms with E-state index in [9.17, 15) is 14.4 Å². The number of nitrogens with one attached hydrogen (secondary N) is 2. The Labute approximate surface area is 187 Å². The number of hydrogen-bond donors (Lipinski definition) is 3. The van der Waals surface area contributed by atoms with Crippen LogP contribution in [-0.4, -0.2) is 22.9 Å². The van der Waals surface area contributed by atoms with E-state index in [1.54, 1.807) is 0 Å². The van der Waals surface area contributed by atoms with Crippen molar-refractivity contribution in [2.45, 2.75) is 59.3 Å². The van der Waals surface area contributed by atoms with Crippen molar-refractivity contribution in [3.05, 3.63) is 46.3 Å². The Kier molecular flexibility index (Phi) is 7.15. The standard InChI is InChI=1S/C24H30N2O4S/c1-4-24(2,3)15-10-11-17-18(14-15)31-23(26-19(27)12-13-20(28)29)21(17)22(30)25-16-8-6-5-7-9-16/h5-9,15H,4,10-14H2,1-3H3,(H,25,30)(H,26,27)(H,28,29). The van der Waals surface area contributed by atoms with Crippen molar-refractivity contribution in [1.82, 2.24) is 0 Å².